The fourth-order valence-electron chi connectivity index (χ4n) is 3.14. The molecule has 3 aromatic rings. The molecule has 10 nitrogen and oxygen atoms in total. The number of nitrogens with two attached hydrogens (primary N) is 1. The summed E-state index contributed by atoms with van der Waals surface area (Å²) in [6, 6.07) is 5.76. The van der Waals surface area contributed by atoms with Crippen LogP contribution < -0.4 is 16.6 Å². The van der Waals surface area contributed by atoms with E-state index in [1.54, 1.807) is 39.0 Å². The summed E-state index contributed by atoms with van der Waals surface area (Å²) in [7, 11) is 0. The number of nitrogen functional groups attached to an aromatic ring is 1. The number of benzene rings is 1. The highest BCUT2D eigenvalue weighted by atomic mass is 16.6. The molecule has 1 aliphatic rings. The van der Waals surface area contributed by atoms with Crippen molar-refractivity contribution in [3.05, 3.63) is 52.1 Å². The lowest BCUT2D eigenvalue weighted by atomic mass is 10.1. The quantitative estimate of drug-likeness (QED) is 0.594. The molecule has 0 radical (unpaired) electrons. The fourth-order valence-corrected chi connectivity index (χ4v) is 3.14. The first-order valence-corrected chi connectivity index (χ1v) is 8.69. The SMILES string of the molecule is CC(C)(C)OC(=O)n1cnc2cc(-n3c(N)c4c(cc3=O)C(=O)NC4=O)ccc21. The van der Waals surface area contributed by atoms with Crippen molar-refractivity contribution in [2.24, 2.45) is 0 Å². The minimum Gasteiger partial charge on any atom is -0.443 e. The number of ether oxygens (including phenoxy) is 1. The molecule has 0 bridgehead atoms. The molecule has 0 spiro atoms. The first-order chi connectivity index (χ1) is 13.6. The van der Waals surface area contributed by atoms with Crippen molar-refractivity contribution in [1.82, 2.24) is 19.4 Å². The monoisotopic (exact) mass is 395 g/mol. The lowest BCUT2D eigenvalue weighted by molar-refractivity contribution is 0.0543. The summed E-state index contributed by atoms with van der Waals surface area (Å²) < 4.78 is 7.72. The Morgan fingerprint density at radius 3 is 2.55 bits per heavy atom. The van der Waals surface area contributed by atoms with Crippen LogP contribution in [0, 0.1) is 0 Å². The highest BCUT2D eigenvalue weighted by Crippen LogP contribution is 2.25. The van der Waals surface area contributed by atoms with Gasteiger partial charge in [-0.25, -0.2) is 14.3 Å². The maximum absolute atomic E-state index is 12.6. The van der Waals surface area contributed by atoms with Crippen LogP contribution in [0.1, 0.15) is 41.5 Å². The van der Waals surface area contributed by atoms with Crippen LogP contribution in [0.2, 0.25) is 0 Å². The number of anilines is 1. The molecule has 3 heterocycles. The van der Waals surface area contributed by atoms with Gasteiger partial charge in [0, 0.05) is 6.07 Å². The lowest BCUT2D eigenvalue weighted by Gasteiger charge is -2.19. The average Bonchev–Trinajstić information content (AvgIpc) is 3.14. The Balaban J connectivity index is 1.82. The van der Waals surface area contributed by atoms with Crippen molar-refractivity contribution in [2.75, 3.05) is 5.73 Å². The molecular formula is C19H17N5O5. The number of nitrogens with one attached hydrogen (secondary N) is 1. The molecule has 0 saturated heterocycles. The number of imide groups is 1. The number of nitrogens with zero attached hydrogens (tertiary/aromatic N) is 3. The van der Waals surface area contributed by atoms with Crippen LogP contribution in [-0.2, 0) is 4.74 Å². The molecule has 1 aromatic carbocycles. The van der Waals surface area contributed by atoms with E-state index in [4.69, 9.17) is 10.5 Å². The Morgan fingerprint density at radius 2 is 1.86 bits per heavy atom. The van der Waals surface area contributed by atoms with Gasteiger partial charge in [-0.3, -0.25) is 24.3 Å². The van der Waals surface area contributed by atoms with E-state index >= 15 is 0 Å². The second kappa shape index (κ2) is 6.03. The Kier molecular flexibility index (Phi) is 3.83. The normalized spacial score (nSPS) is 13.5. The molecule has 0 aliphatic carbocycles. The molecule has 0 atom stereocenters. The molecule has 2 amide bonds. The molecule has 2 aromatic heterocycles. The Labute approximate surface area is 163 Å². The number of hydrogen-bond donors (Lipinski definition) is 2. The van der Waals surface area contributed by atoms with E-state index in [0.717, 1.165) is 10.6 Å². The van der Waals surface area contributed by atoms with Crippen LogP contribution in [-0.4, -0.2) is 37.6 Å². The smallest absolute Gasteiger partial charge is 0.420 e. The maximum Gasteiger partial charge on any atom is 0.420 e. The zero-order chi connectivity index (χ0) is 21.1. The molecule has 0 unspecified atom stereocenters. The number of fused-ring (bicyclic) bond motifs is 2. The zero-order valence-electron chi connectivity index (χ0n) is 15.8. The molecule has 0 fully saturated rings. The van der Waals surface area contributed by atoms with Crippen molar-refractivity contribution in [1.29, 1.82) is 0 Å². The number of hydrogen-bond acceptors (Lipinski definition) is 7. The number of pyridine rings is 1. The minimum atomic E-state index is -0.669. The third-order valence-corrected chi connectivity index (χ3v) is 4.33. The van der Waals surface area contributed by atoms with E-state index in [9.17, 15) is 19.2 Å². The Hall–Kier alpha value is -3.95. The highest BCUT2D eigenvalue weighted by Gasteiger charge is 2.32. The van der Waals surface area contributed by atoms with Crippen molar-refractivity contribution < 1.29 is 19.1 Å². The van der Waals surface area contributed by atoms with Gasteiger partial charge >= 0.3 is 6.09 Å². The van der Waals surface area contributed by atoms with Gasteiger partial charge in [0.2, 0.25) is 0 Å². The van der Waals surface area contributed by atoms with E-state index in [0.29, 0.717) is 16.7 Å². The van der Waals surface area contributed by atoms with Gasteiger partial charge in [-0.15, -0.1) is 0 Å². The van der Waals surface area contributed by atoms with Crippen LogP contribution in [0.5, 0.6) is 0 Å². The van der Waals surface area contributed by atoms with Gasteiger partial charge in [0.05, 0.1) is 27.8 Å². The van der Waals surface area contributed by atoms with Gasteiger partial charge in [0.15, 0.2) is 0 Å². The Bertz CT molecular complexity index is 1280. The summed E-state index contributed by atoms with van der Waals surface area (Å²) in [4.78, 5) is 52.9. The van der Waals surface area contributed by atoms with E-state index in [1.807, 2.05) is 0 Å². The predicted molar refractivity (Wildman–Crippen MR) is 103 cm³/mol. The average molecular weight is 395 g/mol. The third kappa shape index (κ3) is 2.94. The van der Waals surface area contributed by atoms with Gasteiger partial charge in [-0.1, -0.05) is 0 Å². The summed E-state index contributed by atoms with van der Waals surface area (Å²) in [5, 5.41) is 2.12. The molecule has 10 heteroatoms. The van der Waals surface area contributed by atoms with Crippen molar-refractivity contribution in [2.45, 2.75) is 26.4 Å². The lowest BCUT2D eigenvalue weighted by Crippen LogP contribution is -2.26. The van der Waals surface area contributed by atoms with Crippen LogP contribution in [0.25, 0.3) is 16.7 Å². The number of carbonyl (C=O) groups is 3. The highest BCUT2D eigenvalue weighted by molar-refractivity contribution is 6.23. The maximum atomic E-state index is 12.6. The predicted octanol–water partition coefficient (Wildman–Crippen LogP) is 1.44. The topological polar surface area (TPSA) is 138 Å². The van der Waals surface area contributed by atoms with Gasteiger partial charge in [-0.2, -0.15) is 0 Å². The van der Waals surface area contributed by atoms with Crippen LogP contribution in [0.15, 0.2) is 35.4 Å². The number of rotatable bonds is 1. The molecule has 3 N–H and O–H groups in total. The molecule has 0 saturated carbocycles. The third-order valence-electron chi connectivity index (χ3n) is 4.33. The van der Waals surface area contributed by atoms with E-state index in [1.165, 1.54) is 10.9 Å². The van der Waals surface area contributed by atoms with Gasteiger partial charge in [-0.05, 0) is 39.0 Å². The summed E-state index contributed by atoms with van der Waals surface area (Å²) in [5.41, 5.74) is 5.93. The van der Waals surface area contributed by atoms with Crippen molar-refractivity contribution in [3.8, 4) is 5.69 Å². The second-order valence-electron chi connectivity index (χ2n) is 7.54. The molecule has 4 rings (SSSR count). The number of carbonyl (C=O) groups excluding carboxylic acids is 3. The fraction of sp³-hybridized carbons (Fsp3) is 0.211. The van der Waals surface area contributed by atoms with E-state index in [-0.39, 0.29) is 16.9 Å². The van der Waals surface area contributed by atoms with Crippen LogP contribution >= 0.6 is 0 Å². The summed E-state index contributed by atoms with van der Waals surface area (Å²) in [6.45, 7) is 5.27. The van der Waals surface area contributed by atoms with Crippen LogP contribution in [0.3, 0.4) is 0 Å². The van der Waals surface area contributed by atoms with Crippen molar-refractivity contribution >= 4 is 34.8 Å². The largest absolute Gasteiger partial charge is 0.443 e. The Morgan fingerprint density at radius 1 is 1.14 bits per heavy atom. The molecule has 148 valence electrons. The van der Waals surface area contributed by atoms with Gasteiger partial charge in [0.25, 0.3) is 17.4 Å². The van der Waals surface area contributed by atoms with E-state index < -0.39 is 29.1 Å². The van der Waals surface area contributed by atoms with Crippen LogP contribution in [0.4, 0.5) is 10.6 Å². The summed E-state index contributed by atoms with van der Waals surface area (Å²) >= 11 is 0. The zero-order valence-corrected chi connectivity index (χ0v) is 15.8. The summed E-state index contributed by atoms with van der Waals surface area (Å²) in [5.74, 6) is -1.47. The minimum absolute atomic E-state index is 0.0472. The van der Waals surface area contributed by atoms with Gasteiger partial charge < -0.3 is 10.5 Å². The molecule has 29 heavy (non-hydrogen) atoms. The molecule has 1 aliphatic heterocycles. The first kappa shape index (κ1) is 18.4. The second-order valence-corrected chi connectivity index (χ2v) is 7.54. The van der Waals surface area contributed by atoms with Crippen molar-refractivity contribution in [3.63, 3.8) is 0 Å². The summed E-state index contributed by atoms with van der Waals surface area (Å²) in [6.07, 6.45) is 0.737. The number of imidazole rings is 1. The number of amides is 2. The van der Waals surface area contributed by atoms with E-state index in [2.05, 4.69) is 10.3 Å². The van der Waals surface area contributed by atoms with Gasteiger partial charge in [0.1, 0.15) is 17.7 Å². The standard InChI is InChI=1S/C19H17N5O5/c1-19(2,3)29-18(28)23-8-21-11-6-9(4-5-12(11)23)24-13(25)7-10-14(15(24)20)17(27)22-16(10)26/h4-8H,20H2,1-3H3,(H,22,26,27). The number of aromatic nitrogens is 3. The molecular weight excluding hydrogens is 378 g/mol. The first-order valence-electron chi connectivity index (χ1n) is 8.69.